The molecule has 3 rings (SSSR count). The summed E-state index contributed by atoms with van der Waals surface area (Å²) < 4.78 is 0. The predicted molar refractivity (Wildman–Crippen MR) is 92.5 cm³/mol. The van der Waals surface area contributed by atoms with E-state index >= 15 is 0 Å². The second kappa shape index (κ2) is 6.57. The molecule has 0 bridgehead atoms. The van der Waals surface area contributed by atoms with E-state index < -0.39 is 5.60 Å². The van der Waals surface area contributed by atoms with E-state index in [-0.39, 0.29) is 12.1 Å². The lowest BCUT2D eigenvalue weighted by atomic mass is 9.97. The lowest BCUT2D eigenvalue weighted by Crippen LogP contribution is -2.49. The summed E-state index contributed by atoms with van der Waals surface area (Å²) in [6.45, 7) is 4.10. The van der Waals surface area contributed by atoms with E-state index in [1.165, 1.54) is 0 Å². The number of likely N-dealkylation sites (tertiary alicyclic amines) is 1. The highest BCUT2D eigenvalue weighted by molar-refractivity contribution is 5.88. The van der Waals surface area contributed by atoms with Gasteiger partial charge in [0.25, 0.3) is 0 Å². The van der Waals surface area contributed by atoms with Crippen LogP contribution in [-0.2, 0) is 0 Å². The fraction of sp³-hybridized carbons (Fsp3) is 0.389. The molecular weight excluding hydrogens is 304 g/mol. The van der Waals surface area contributed by atoms with Gasteiger partial charge in [0.15, 0.2) is 5.82 Å². The first-order valence-corrected chi connectivity index (χ1v) is 8.14. The van der Waals surface area contributed by atoms with Crippen molar-refractivity contribution in [3.63, 3.8) is 0 Å². The molecule has 1 aliphatic heterocycles. The minimum absolute atomic E-state index is 0.186. The standard InChI is InChI=1S/C18H22N4O2/c1-18(2,24)15-9-6-12-22(15)17(23)19-16-11-10-14(20-21-16)13-7-4-3-5-8-13/h3-5,7-8,10-11,15,24H,6,9,12H2,1-2H3,(H,19,21,23). The van der Waals surface area contributed by atoms with Gasteiger partial charge in [0.1, 0.15) is 0 Å². The van der Waals surface area contributed by atoms with Crippen LogP contribution in [0.4, 0.5) is 10.6 Å². The number of hydrogen-bond donors (Lipinski definition) is 2. The molecule has 1 aromatic heterocycles. The van der Waals surface area contributed by atoms with Crippen molar-refractivity contribution in [1.82, 2.24) is 15.1 Å². The second-order valence-corrected chi connectivity index (χ2v) is 6.61. The Kier molecular flexibility index (Phi) is 4.49. The minimum atomic E-state index is -0.920. The number of anilines is 1. The predicted octanol–water partition coefficient (Wildman–Crippen LogP) is 2.91. The van der Waals surface area contributed by atoms with Crippen molar-refractivity contribution in [3.05, 3.63) is 42.5 Å². The number of nitrogens with one attached hydrogen (secondary N) is 1. The lowest BCUT2D eigenvalue weighted by Gasteiger charge is -2.33. The van der Waals surface area contributed by atoms with E-state index in [1.807, 2.05) is 36.4 Å². The normalized spacial score (nSPS) is 17.8. The van der Waals surface area contributed by atoms with Crippen molar-refractivity contribution in [2.45, 2.75) is 38.3 Å². The Morgan fingerprint density at radius 2 is 1.96 bits per heavy atom. The molecule has 1 fully saturated rings. The molecule has 0 saturated carbocycles. The van der Waals surface area contributed by atoms with Gasteiger partial charge in [0, 0.05) is 12.1 Å². The van der Waals surface area contributed by atoms with Gasteiger partial charge in [-0.1, -0.05) is 30.3 Å². The molecule has 1 atom stereocenters. The van der Waals surface area contributed by atoms with Gasteiger partial charge in [-0.3, -0.25) is 5.32 Å². The molecule has 6 nitrogen and oxygen atoms in total. The summed E-state index contributed by atoms with van der Waals surface area (Å²) in [5.74, 6) is 0.404. The van der Waals surface area contributed by atoms with Crippen LogP contribution < -0.4 is 5.32 Å². The molecule has 0 aliphatic carbocycles. The molecule has 6 heteroatoms. The first-order chi connectivity index (χ1) is 11.4. The largest absolute Gasteiger partial charge is 0.388 e. The Morgan fingerprint density at radius 1 is 1.21 bits per heavy atom. The van der Waals surface area contributed by atoms with Gasteiger partial charge in [-0.2, -0.15) is 0 Å². The fourth-order valence-electron chi connectivity index (χ4n) is 3.09. The number of aliphatic hydroxyl groups is 1. The number of aromatic nitrogens is 2. The molecule has 0 spiro atoms. The van der Waals surface area contributed by atoms with Crippen LogP contribution >= 0.6 is 0 Å². The number of nitrogens with zero attached hydrogens (tertiary/aromatic N) is 3. The summed E-state index contributed by atoms with van der Waals surface area (Å²) in [5, 5.41) is 21.2. The zero-order valence-corrected chi connectivity index (χ0v) is 13.9. The van der Waals surface area contributed by atoms with Gasteiger partial charge in [-0.05, 0) is 38.8 Å². The molecule has 126 valence electrons. The first-order valence-electron chi connectivity index (χ1n) is 8.14. The third-order valence-electron chi connectivity index (χ3n) is 4.30. The fourth-order valence-corrected chi connectivity index (χ4v) is 3.09. The molecule has 1 aromatic carbocycles. The Bertz CT molecular complexity index is 695. The maximum absolute atomic E-state index is 12.5. The highest BCUT2D eigenvalue weighted by Gasteiger charge is 2.38. The topological polar surface area (TPSA) is 78.4 Å². The molecule has 0 radical (unpaired) electrons. The maximum atomic E-state index is 12.5. The Morgan fingerprint density at radius 3 is 2.58 bits per heavy atom. The highest BCUT2D eigenvalue weighted by atomic mass is 16.3. The van der Waals surface area contributed by atoms with Gasteiger partial charge in [0.2, 0.25) is 0 Å². The highest BCUT2D eigenvalue weighted by Crippen LogP contribution is 2.27. The third kappa shape index (κ3) is 3.54. The van der Waals surface area contributed by atoms with Crippen LogP contribution in [0.1, 0.15) is 26.7 Å². The van der Waals surface area contributed by atoms with Crippen LogP contribution in [0, 0.1) is 0 Å². The van der Waals surface area contributed by atoms with E-state index in [2.05, 4.69) is 15.5 Å². The molecule has 2 aromatic rings. The molecule has 2 heterocycles. The lowest BCUT2D eigenvalue weighted by molar-refractivity contribution is 0.0117. The quantitative estimate of drug-likeness (QED) is 0.909. The Balaban J connectivity index is 1.69. The monoisotopic (exact) mass is 326 g/mol. The number of benzene rings is 1. The number of amides is 2. The molecule has 1 aliphatic rings. The molecule has 2 N–H and O–H groups in total. The SMILES string of the molecule is CC(C)(O)C1CCCN1C(=O)Nc1ccc(-c2ccccc2)nn1. The van der Waals surface area contributed by atoms with Gasteiger partial charge in [-0.15, -0.1) is 10.2 Å². The summed E-state index contributed by atoms with van der Waals surface area (Å²) in [5.41, 5.74) is 0.810. The zero-order valence-electron chi connectivity index (χ0n) is 13.9. The van der Waals surface area contributed by atoms with E-state index in [4.69, 9.17) is 0 Å². The number of carbonyl (C=O) groups is 1. The van der Waals surface area contributed by atoms with Crippen LogP contribution in [0.3, 0.4) is 0 Å². The smallest absolute Gasteiger partial charge is 0.323 e. The second-order valence-electron chi connectivity index (χ2n) is 6.61. The number of carbonyl (C=O) groups excluding carboxylic acids is 1. The summed E-state index contributed by atoms with van der Waals surface area (Å²) in [6, 6.07) is 12.9. The minimum Gasteiger partial charge on any atom is -0.388 e. The summed E-state index contributed by atoms with van der Waals surface area (Å²) in [6.07, 6.45) is 1.69. The van der Waals surface area contributed by atoms with Crippen molar-refractivity contribution >= 4 is 11.8 Å². The molecule has 1 unspecified atom stereocenters. The Labute approximate surface area is 141 Å². The summed E-state index contributed by atoms with van der Waals surface area (Å²) in [7, 11) is 0. The van der Waals surface area contributed by atoms with Gasteiger partial charge >= 0.3 is 6.03 Å². The van der Waals surface area contributed by atoms with E-state index in [0.29, 0.717) is 12.4 Å². The van der Waals surface area contributed by atoms with Gasteiger partial charge in [0.05, 0.1) is 17.3 Å². The van der Waals surface area contributed by atoms with Crippen LogP contribution in [0.25, 0.3) is 11.3 Å². The maximum Gasteiger partial charge on any atom is 0.323 e. The van der Waals surface area contributed by atoms with Crippen molar-refractivity contribution in [2.24, 2.45) is 0 Å². The Hall–Kier alpha value is -2.47. The van der Waals surface area contributed by atoms with E-state index in [9.17, 15) is 9.90 Å². The van der Waals surface area contributed by atoms with E-state index in [1.54, 1.807) is 24.8 Å². The molecule has 1 saturated heterocycles. The van der Waals surface area contributed by atoms with Crippen molar-refractivity contribution in [3.8, 4) is 11.3 Å². The van der Waals surface area contributed by atoms with Gasteiger partial charge in [-0.25, -0.2) is 4.79 Å². The van der Waals surface area contributed by atoms with Crippen molar-refractivity contribution in [1.29, 1.82) is 0 Å². The van der Waals surface area contributed by atoms with E-state index in [0.717, 1.165) is 24.1 Å². The van der Waals surface area contributed by atoms with Crippen LogP contribution in [0.2, 0.25) is 0 Å². The van der Waals surface area contributed by atoms with Crippen molar-refractivity contribution < 1.29 is 9.90 Å². The summed E-state index contributed by atoms with van der Waals surface area (Å²) in [4.78, 5) is 14.1. The van der Waals surface area contributed by atoms with Crippen LogP contribution in [0.15, 0.2) is 42.5 Å². The molecule has 2 amide bonds. The average Bonchev–Trinajstić information content (AvgIpc) is 3.06. The summed E-state index contributed by atoms with van der Waals surface area (Å²) >= 11 is 0. The van der Waals surface area contributed by atoms with Crippen LogP contribution in [-0.4, -0.2) is 44.4 Å². The number of rotatable bonds is 3. The first kappa shape index (κ1) is 16.4. The molecule has 24 heavy (non-hydrogen) atoms. The zero-order chi connectivity index (χ0) is 17.2. The van der Waals surface area contributed by atoms with Crippen molar-refractivity contribution in [2.75, 3.05) is 11.9 Å². The average molecular weight is 326 g/mol. The van der Waals surface area contributed by atoms with Crippen LogP contribution in [0.5, 0.6) is 0 Å². The number of hydrogen-bond acceptors (Lipinski definition) is 4. The third-order valence-corrected chi connectivity index (χ3v) is 4.30. The molecular formula is C18H22N4O2. The van der Waals surface area contributed by atoms with Gasteiger partial charge < -0.3 is 10.0 Å². The number of urea groups is 1.